The van der Waals surface area contributed by atoms with E-state index in [1.54, 1.807) is 0 Å². The lowest BCUT2D eigenvalue weighted by molar-refractivity contribution is 0.0611. The first-order valence-electron chi connectivity index (χ1n) is 9.90. The number of likely N-dealkylation sites (tertiary alicyclic amines) is 1. The second-order valence-corrected chi connectivity index (χ2v) is 7.34. The Hall–Kier alpha value is -2.36. The smallest absolute Gasteiger partial charge is 0.254 e. The van der Waals surface area contributed by atoms with Gasteiger partial charge in [0, 0.05) is 37.0 Å². The van der Waals surface area contributed by atoms with Crippen molar-refractivity contribution in [2.24, 2.45) is 0 Å². The van der Waals surface area contributed by atoms with Crippen LogP contribution in [0, 0.1) is 0 Å². The van der Waals surface area contributed by atoms with Gasteiger partial charge >= 0.3 is 0 Å². The Bertz CT molecular complexity index is 740. The molecule has 0 spiro atoms. The van der Waals surface area contributed by atoms with Gasteiger partial charge in [0.2, 0.25) is 0 Å². The average Bonchev–Trinajstić information content (AvgIpc) is 2.74. The lowest BCUT2D eigenvalue weighted by Gasteiger charge is -2.38. The van der Waals surface area contributed by atoms with Gasteiger partial charge in [-0.3, -0.25) is 4.79 Å². The van der Waals surface area contributed by atoms with Gasteiger partial charge in [0.05, 0.1) is 6.04 Å². The fourth-order valence-electron chi connectivity index (χ4n) is 4.28. The number of hydrogen-bond acceptors (Lipinski definition) is 3. The summed E-state index contributed by atoms with van der Waals surface area (Å²) < 4.78 is 0. The van der Waals surface area contributed by atoms with Crippen molar-refractivity contribution in [2.45, 2.75) is 44.6 Å². The quantitative estimate of drug-likeness (QED) is 0.822. The molecule has 0 saturated carbocycles. The Morgan fingerprint density at radius 3 is 2.46 bits per heavy atom. The molecule has 2 saturated heterocycles. The molecule has 0 aliphatic carbocycles. The predicted octanol–water partition coefficient (Wildman–Crippen LogP) is 4.44. The standard InChI is InChI=1S/C22H27N3O/c26-22(18-10-3-1-4-11-18)25-17-8-5-13-20(25)19-12-9-14-23-21(19)24-15-6-2-7-16-24/h1,3-4,9-12,14,20H,2,5-8,13,15-17H2. The molecule has 0 N–H and O–H groups in total. The van der Waals surface area contributed by atoms with Crippen LogP contribution in [0.3, 0.4) is 0 Å². The Balaban J connectivity index is 1.65. The monoisotopic (exact) mass is 349 g/mol. The molecule has 2 fully saturated rings. The first kappa shape index (κ1) is 17.1. The summed E-state index contributed by atoms with van der Waals surface area (Å²) in [6, 6.07) is 14.0. The van der Waals surface area contributed by atoms with Gasteiger partial charge in [0.25, 0.3) is 5.91 Å². The number of carbonyl (C=O) groups is 1. The van der Waals surface area contributed by atoms with Crippen LogP contribution in [0.25, 0.3) is 0 Å². The summed E-state index contributed by atoms with van der Waals surface area (Å²) in [6.07, 6.45) is 8.91. The highest BCUT2D eigenvalue weighted by molar-refractivity contribution is 5.94. The molecule has 1 atom stereocenters. The minimum atomic E-state index is 0.127. The zero-order chi connectivity index (χ0) is 17.8. The van der Waals surface area contributed by atoms with Crippen LogP contribution in [0.15, 0.2) is 48.7 Å². The normalized spacial score (nSPS) is 20.8. The van der Waals surface area contributed by atoms with Crippen molar-refractivity contribution >= 4 is 11.7 Å². The van der Waals surface area contributed by atoms with Crippen LogP contribution < -0.4 is 4.90 Å². The summed E-state index contributed by atoms with van der Waals surface area (Å²) in [5.41, 5.74) is 2.00. The highest BCUT2D eigenvalue weighted by atomic mass is 16.2. The van der Waals surface area contributed by atoms with Crippen LogP contribution in [-0.4, -0.2) is 35.4 Å². The highest BCUT2D eigenvalue weighted by Gasteiger charge is 2.31. The van der Waals surface area contributed by atoms with Crippen LogP contribution in [-0.2, 0) is 0 Å². The molecule has 4 heteroatoms. The number of hydrogen-bond donors (Lipinski definition) is 0. The van der Waals surface area contributed by atoms with Crippen LogP contribution in [0.2, 0.25) is 0 Å². The summed E-state index contributed by atoms with van der Waals surface area (Å²) in [5.74, 6) is 1.23. The second-order valence-electron chi connectivity index (χ2n) is 7.34. The van der Waals surface area contributed by atoms with E-state index >= 15 is 0 Å². The molecule has 2 aliphatic heterocycles. The number of rotatable bonds is 3. The van der Waals surface area contributed by atoms with Gasteiger partial charge in [-0.2, -0.15) is 0 Å². The van der Waals surface area contributed by atoms with Crippen LogP contribution in [0.5, 0.6) is 0 Å². The maximum absolute atomic E-state index is 13.2. The third-order valence-corrected chi connectivity index (χ3v) is 5.62. The fraction of sp³-hybridized carbons (Fsp3) is 0.455. The van der Waals surface area contributed by atoms with E-state index in [2.05, 4.69) is 15.9 Å². The van der Waals surface area contributed by atoms with E-state index in [1.165, 1.54) is 24.8 Å². The molecule has 4 rings (SSSR count). The topological polar surface area (TPSA) is 36.4 Å². The summed E-state index contributed by atoms with van der Waals surface area (Å²) >= 11 is 0. The number of carbonyl (C=O) groups excluding carboxylic acids is 1. The molecule has 136 valence electrons. The molecular weight excluding hydrogens is 322 g/mol. The van der Waals surface area contributed by atoms with E-state index < -0.39 is 0 Å². The molecule has 2 aliphatic rings. The fourth-order valence-corrected chi connectivity index (χ4v) is 4.28. The van der Waals surface area contributed by atoms with Gasteiger partial charge in [-0.25, -0.2) is 4.98 Å². The molecule has 0 radical (unpaired) electrons. The average molecular weight is 349 g/mol. The number of benzene rings is 1. The predicted molar refractivity (Wildman–Crippen MR) is 104 cm³/mol. The van der Waals surface area contributed by atoms with Crippen molar-refractivity contribution in [3.8, 4) is 0 Å². The van der Waals surface area contributed by atoms with Crippen molar-refractivity contribution in [3.05, 3.63) is 59.8 Å². The number of nitrogens with zero attached hydrogens (tertiary/aromatic N) is 3. The van der Waals surface area contributed by atoms with E-state index in [0.29, 0.717) is 0 Å². The molecule has 1 aromatic carbocycles. The molecule has 26 heavy (non-hydrogen) atoms. The second kappa shape index (κ2) is 7.90. The third kappa shape index (κ3) is 3.46. The maximum Gasteiger partial charge on any atom is 0.254 e. The SMILES string of the molecule is O=C(c1ccccc1)N1CCCCC1c1cccnc1N1CCCCC1. The largest absolute Gasteiger partial charge is 0.356 e. The summed E-state index contributed by atoms with van der Waals surface area (Å²) in [5, 5.41) is 0. The van der Waals surface area contributed by atoms with E-state index in [1.807, 2.05) is 42.6 Å². The van der Waals surface area contributed by atoms with Crippen LogP contribution >= 0.6 is 0 Å². The van der Waals surface area contributed by atoms with Gasteiger partial charge in [-0.1, -0.05) is 24.3 Å². The summed E-state index contributed by atoms with van der Waals surface area (Å²) in [7, 11) is 0. The first-order chi connectivity index (χ1) is 12.8. The van der Waals surface area contributed by atoms with E-state index in [-0.39, 0.29) is 11.9 Å². The Labute approximate surface area is 155 Å². The van der Waals surface area contributed by atoms with Gasteiger partial charge in [0.15, 0.2) is 0 Å². The molecule has 1 unspecified atom stereocenters. The maximum atomic E-state index is 13.2. The van der Waals surface area contributed by atoms with E-state index in [0.717, 1.165) is 50.3 Å². The lowest BCUT2D eigenvalue weighted by atomic mass is 9.94. The Morgan fingerprint density at radius 1 is 0.885 bits per heavy atom. The van der Waals surface area contributed by atoms with Crippen molar-refractivity contribution in [3.63, 3.8) is 0 Å². The molecule has 4 nitrogen and oxygen atoms in total. The van der Waals surface area contributed by atoms with Gasteiger partial charge in [0.1, 0.15) is 5.82 Å². The van der Waals surface area contributed by atoms with E-state index in [4.69, 9.17) is 4.98 Å². The molecule has 2 aromatic rings. The van der Waals surface area contributed by atoms with Crippen LogP contribution in [0.1, 0.15) is 60.5 Å². The molecule has 0 bridgehead atoms. The van der Waals surface area contributed by atoms with E-state index in [9.17, 15) is 4.79 Å². The number of amides is 1. The Kier molecular flexibility index (Phi) is 5.19. The van der Waals surface area contributed by atoms with Gasteiger partial charge < -0.3 is 9.80 Å². The zero-order valence-corrected chi connectivity index (χ0v) is 15.3. The molecule has 1 amide bonds. The number of aromatic nitrogens is 1. The van der Waals surface area contributed by atoms with Crippen molar-refractivity contribution < 1.29 is 4.79 Å². The van der Waals surface area contributed by atoms with Crippen molar-refractivity contribution in [2.75, 3.05) is 24.5 Å². The molecular formula is C22H27N3O. The van der Waals surface area contributed by atoms with Gasteiger partial charge in [-0.15, -0.1) is 0 Å². The van der Waals surface area contributed by atoms with Crippen LogP contribution in [0.4, 0.5) is 5.82 Å². The first-order valence-corrected chi connectivity index (χ1v) is 9.90. The zero-order valence-electron chi connectivity index (χ0n) is 15.3. The number of anilines is 1. The third-order valence-electron chi connectivity index (χ3n) is 5.62. The minimum absolute atomic E-state index is 0.127. The molecule has 3 heterocycles. The highest BCUT2D eigenvalue weighted by Crippen LogP contribution is 2.37. The van der Waals surface area contributed by atoms with Crippen molar-refractivity contribution in [1.29, 1.82) is 0 Å². The van der Waals surface area contributed by atoms with Crippen molar-refractivity contribution in [1.82, 2.24) is 9.88 Å². The minimum Gasteiger partial charge on any atom is -0.356 e. The Morgan fingerprint density at radius 2 is 1.65 bits per heavy atom. The number of piperidine rings is 2. The lowest BCUT2D eigenvalue weighted by Crippen LogP contribution is -2.40. The number of pyridine rings is 1. The summed E-state index contributed by atoms with van der Waals surface area (Å²) in [4.78, 5) is 22.4. The molecule has 1 aromatic heterocycles. The van der Waals surface area contributed by atoms with Gasteiger partial charge in [-0.05, 0) is 56.7 Å². The summed E-state index contributed by atoms with van der Waals surface area (Å²) in [6.45, 7) is 2.97.